The Kier molecular flexibility index (Phi) is 4.48. The van der Waals surface area contributed by atoms with Crippen LogP contribution in [0.15, 0.2) is 48.8 Å². The molecule has 0 saturated carbocycles. The first-order chi connectivity index (χ1) is 9.63. The number of carbonyl (C=O) groups excluding carboxylic acids is 1. The molecule has 2 rings (SSSR count). The molecule has 0 spiro atoms. The summed E-state index contributed by atoms with van der Waals surface area (Å²) in [6.07, 6.45) is 3.34. The number of nitrogens with zero attached hydrogens (tertiary/aromatic N) is 2. The quantitative estimate of drug-likeness (QED) is 0.927. The lowest BCUT2D eigenvalue weighted by Crippen LogP contribution is -2.38. The summed E-state index contributed by atoms with van der Waals surface area (Å²) >= 11 is 0. The molecule has 0 aliphatic carbocycles. The summed E-state index contributed by atoms with van der Waals surface area (Å²) in [5, 5.41) is 0. The molecule has 104 valence electrons. The number of benzene rings is 1. The smallest absolute Gasteiger partial charge is 0.248 e. The van der Waals surface area contributed by atoms with Gasteiger partial charge < -0.3 is 10.6 Å². The average molecular weight is 269 g/mol. The molecule has 4 heteroatoms. The lowest BCUT2D eigenvalue weighted by atomic mass is 10.0. The van der Waals surface area contributed by atoms with Crippen LogP contribution in [0.25, 0.3) is 0 Å². The van der Waals surface area contributed by atoms with Crippen LogP contribution in [-0.2, 0) is 4.79 Å². The van der Waals surface area contributed by atoms with Crippen molar-refractivity contribution in [3.05, 3.63) is 59.9 Å². The van der Waals surface area contributed by atoms with Crippen LogP contribution in [0, 0.1) is 6.92 Å². The van der Waals surface area contributed by atoms with Crippen molar-refractivity contribution in [2.24, 2.45) is 5.73 Å². The van der Waals surface area contributed by atoms with Gasteiger partial charge in [-0.25, -0.2) is 0 Å². The number of hydrogen-bond donors (Lipinski definition) is 1. The van der Waals surface area contributed by atoms with Gasteiger partial charge in [0.1, 0.15) is 6.04 Å². The summed E-state index contributed by atoms with van der Waals surface area (Å²) in [5.41, 5.74) is 8.89. The van der Waals surface area contributed by atoms with Crippen molar-refractivity contribution < 1.29 is 4.79 Å². The zero-order valence-corrected chi connectivity index (χ0v) is 11.8. The molecule has 1 aromatic carbocycles. The molecular formula is C16H19N3O. The number of carbonyl (C=O) groups is 1. The van der Waals surface area contributed by atoms with E-state index in [0.717, 1.165) is 16.8 Å². The number of anilines is 1. The van der Waals surface area contributed by atoms with E-state index in [4.69, 9.17) is 5.73 Å². The first kappa shape index (κ1) is 14.2. The average Bonchev–Trinajstić information content (AvgIpc) is 2.49. The standard InChI is InChI=1S/C16H19N3O/c1-3-19(14-8-10-18-11-9-14)16(20)15(17)13-6-4-12(2)5-7-13/h4-11,15H,3,17H2,1-2H3. The highest BCUT2D eigenvalue weighted by Gasteiger charge is 2.22. The number of aromatic nitrogens is 1. The number of aryl methyl sites for hydroxylation is 1. The third-order valence-corrected chi connectivity index (χ3v) is 3.26. The van der Waals surface area contributed by atoms with Crippen LogP contribution in [0.1, 0.15) is 24.1 Å². The molecule has 1 unspecified atom stereocenters. The van der Waals surface area contributed by atoms with Crippen molar-refractivity contribution in [2.75, 3.05) is 11.4 Å². The highest BCUT2D eigenvalue weighted by molar-refractivity contribution is 5.97. The predicted octanol–water partition coefficient (Wildman–Crippen LogP) is 2.44. The molecule has 0 aliphatic heterocycles. The minimum absolute atomic E-state index is 0.109. The normalized spacial score (nSPS) is 11.9. The van der Waals surface area contributed by atoms with E-state index in [0.29, 0.717) is 6.54 Å². The van der Waals surface area contributed by atoms with Gasteiger partial charge in [-0.05, 0) is 31.5 Å². The molecule has 20 heavy (non-hydrogen) atoms. The second kappa shape index (κ2) is 6.30. The minimum atomic E-state index is -0.649. The SMILES string of the molecule is CCN(C(=O)C(N)c1ccc(C)cc1)c1ccncc1. The molecule has 1 atom stereocenters. The largest absolute Gasteiger partial charge is 0.316 e. The maximum absolute atomic E-state index is 12.5. The molecule has 0 aliphatic rings. The van der Waals surface area contributed by atoms with Gasteiger partial charge in [-0.1, -0.05) is 29.8 Å². The molecule has 4 nitrogen and oxygen atoms in total. The minimum Gasteiger partial charge on any atom is -0.316 e. The van der Waals surface area contributed by atoms with Crippen LogP contribution in [0.4, 0.5) is 5.69 Å². The molecule has 0 bridgehead atoms. The Labute approximate surface area is 119 Å². The maximum atomic E-state index is 12.5. The first-order valence-electron chi connectivity index (χ1n) is 6.67. The summed E-state index contributed by atoms with van der Waals surface area (Å²) in [5.74, 6) is -0.109. The van der Waals surface area contributed by atoms with E-state index < -0.39 is 6.04 Å². The third kappa shape index (κ3) is 3.03. The lowest BCUT2D eigenvalue weighted by molar-refractivity contribution is -0.119. The van der Waals surface area contributed by atoms with E-state index in [1.165, 1.54) is 0 Å². The van der Waals surface area contributed by atoms with E-state index in [2.05, 4.69) is 4.98 Å². The summed E-state index contributed by atoms with van der Waals surface area (Å²) in [4.78, 5) is 18.2. The number of likely N-dealkylation sites (N-methyl/N-ethyl adjacent to an activating group) is 1. The Hall–Kier alpha value is -2.20. The maximum Gasteiger partial charge on any atom is 0.248 e. The lowest BCUT2D eigenvalue weighted by Gasteiger charge is -2.24. The zero-order chi connectivity index (χ0) is 14.5. The second-order valence-electron chi connectivity index (χ2n) is 4.68. The number of rotatable bonds is 4. The van der Waals surface area contributed by atoms with Gasteiger partial charge in [0.25, 0.3) is 0 Å². The van der Waals surface area contributed by atoms with Gasteiger partial charge in [-0.3, -0.25) is 9.78 Å². The van der Waals surface area contributed by atoms with Crippen molar-refractivity contribution in [1.82, 2.24) is 4.98 Å². The van der Waals surface area contributed by atoms with Gasteiger partial charge in [0.15, 0.2) is 0 Å². The summed E-state index contributed by atoms with van der Waals surface area (Å²) < 4.78 is 0. The van der Waals surface area contributed by atoms with E-state index >= 15 is 0 Å². The Morgan fingerprint density at radius 3 is 2.35 bits per heavy atom. The first-order valence-corrected chi connectivity index (χ1v) is 6.67. The van der Waals surface area contributed by atoms with Crippen molar-refractivity contribution in [3.8, 4) is 0 Å². The Balaban J connectivity index is 2.22. The van der Waals surface area contributed by atoms with Crippen molar-refractivity contribution in [1.29, 1.82) is 0 Å². The second-order valence-corrected chi connectivity index (χ2v) is 4.68. The molecule has 1 aromatic heterocycles. The van der Waals surface area contributed by atoms with Crippen LogP contribution in [0.3, 0.4) is 0 Å². The number of nitrogens with two attached hydrogens (primary N) is 1. The van der Waals surface area contributed by atoms with Crippen molar-refractivity contribution >= 4 is 11.6 Å². The van der Waals surface area contributed by atoms with E-state index in [1.54, 1.807) is 17.3 Å². The van der Waals surface area contributed by atoms with E-state index in [-0.39, 0.29) is 5.91 Å². The van der Waals surface area contributed by atoms with Crippen LogP contribution in [-0.4, -0.2) is 17.4 Å². The zero-order valence-electron chi connectivity index (χ0n) is 11.8. The van der Waals surface area contributed by atoms with Gasteiger partial charge in [-0.2, -0.15) is 0 Å². The fourth-order valence-electron chi connectivity index (χ4n) is 2.07. The van der Waals surface area contributed by atoms with E-state index in [1.807, 2.05) is 50.2 Å². The van der Waals surface area contributed by atoms with Gasteiger partial charge in [-0.15, -0.1) is 0 Å². The van der Waals surface area contributed by atoms with Gasteiger partial charge in [0, 0.05) is 24.6 Å². The summed E-state index contributed by atoms with van der Waals surface area (Å²) in [6, 6.07) is 10.7. The highest BCUT2D eigenvalue weighted by Crippen LogP contribution is 2.19. The Morgan fingerprint density at radius 2 is 1.80 bits per heavy atom. The Bertz CT molecular complexity index is 566. The predicted molar refractivity (Wildman–Crippen MR) is 80.4 cm³/mol. The fourth-order valence-corrected chi connectivity index (χ4v) is 2.07. The number of amides is 1. The fraction of sp³-hybridized carbons (Fsp3) is 0.250. The molecule has 1 amide bonds. The molecule has 0 fully saturated rings. The Morgan fingerprint density at radius 1 is 1.20 bits per heavy atom. The van der Waals surface area contributed by atoms with Crippen LogP contribution >= 0.6 is 0 Å². The van der Waals surface area contributed by atoms with Crippen molar-refractivity contribution in [3.63, 3.8) is 0 Å². The molecular weight excluding hydrogens is 250 g/mol. The summed E-state index contributed by atoms with van der Waals surface area (Å²) in [7, 11) is 0. The molecule has 1 heterocycles. The third-order valence-electron chi connectivity index (χ3n) is 3.26. The molecule has 2 N–H and O–H groups in total. The summed E-state index contributed by atoms with van der Waals surface area (Å²) in [6.45, 7) is 4.51. The van der Waals surface area contributed by atoms with Crippen LogP contribution in [0.2, 0.25) is 0 Å². The molecule has 0 radical (unpaired) electrons. The van der Waals surface area contributed by atoms with Crippen molar-refractivity contribution in [2.45, 2.75) is 19.9 Å². The van der Waals surface area contributed by atoms with Gasteiger partial charge in [0.2, 0.25) is 5.91 Å². The van der Waals surface area contributed by atoms with Crippen LogP contribution in [0.5, 0.6) is 0 Å². The van der Waals surface area contributed by atoms with Gasteiger partial charge >= 0.3 is 0 Å². The molecule has 0 saturated heterocycles. The number of pyridine rings is 1. The number of hydrogen-bond acceptors (Lipinski definition) is 3. The van der Waals surface area contributed by atoms with Crippen LogP contribution < -0.4 is 10.6 Å². The topological polar surface area (TPSA) is 59.2 Å². The highest BCUT2D eigenvalue weighted by atomic mass is 16.2. The van der Waals surface area contributed by atoms with E-state index in [9.17, 15) is 4.79 Å². The molecule has 2 aromatic rings. The monoisotopic (exact) mass is 269 g/mol. The van der Waals surface area contributed by atoms with Gasteiger partial charge in [0.05, 0.1) is 0 Å².